The van der Waals surface area contributed by atoms with Gasteiger partial charge in [0.25, 0.3) is 0 Å². The largest absolute Gasteiger partial charge is 0.324 e. The fraction of sp³-hybridized carbons (Fsp3) is 0.538. The van der Waals surface area contributed by atoms with Crippen LogP contribution in [0.4, 0.5) is 4.39 Å². The zero-order valence-corrected chi connectivity index (χ0v) is 11.2. The summed E-state index contributed by atoms with van der Waals surface area (Å²) in [5, 5.41) is 0. The molecule has 0 radical (unpaired) electrons. The molecule has 1 aliphatic rings. The van der Waals surface area contributed by atoms with Crippen molar-refractivity contribution in [2.45, 2.75) is 32.4 Å². The summed E-state index contributed by atoms with van der Waals surface area (Å²) < 4.78 is 13.6. The van der Waals surface area contributed by atoms with E-state index in [-0.39, 0.29) is 23.8 Å². The Hall–Kier alpha value is -0.640. The fourth-order valence-corrected chi connectivity index (χ4v) is 2.31. The Kier molecular flexibility index (Phi) is 4.53. The molecule has 4 heteroatoms. The lowest BCUT2D eigenvalue weighted by Gasteiger charge is -2.33. The molecule has 2 rings (SSSR count). The lowest BCUT2D eigenvalue weighted by molar-refractivity contribution is 0.206. The van der Waals surface area contributed by atoms with Crippen LogP contribution < -0.4 is 5.73 Å². The van der Waals surface area contributed by atoms with Gasteiger partial charge in [-0.2, -0.15) is 0 Å². The highest BCUT2D eigenvalue weighted by molar-refractivity contribution is 5.85. The third kappa shape index (κ3) is 3.66. The first-order chi connectivity index (χ1) is 7.46. The Morgan fingerprint density at radius 1 is 1.41 bits per heavy atom. The zero-order valence-electron chi connectivity index (χ0n) is 10.4. The van der Waals surface area contributed by atoms with Gasteiger partial charge in [0, 0.05) is 30.7 Å². The molecule has 0 amide bonds. The van der Waals surface area contributed by atoms with E-state index in [4.69, 9.17) is 5.73 Å². The maximum Gasteiger partial charge on any atom is 0.127 e. The first-order valence-electron chi connectivity index (χ1n) is 5.73. The van der Waals surface area contributed by atoms with E-state index < -0.39 is 0 Å². The lowest BCUT2D eigenvalue weighted by atomic mass is 9.97. The summed E-state index contributed by atoms with van der Waals surface area (Å²) in [7, 11) is 0. The van der Waals surface area contributed by atoms with E-state index in [0.29, 0.717) is 6.54 Å². The maximum absolute atomic E-state index is 13.6. The second-order valence-electron chi connectivity index (χ2n) is 5.33. The van der Waals surface area contributed by atoms with E-state index >= 15 is 0 Å². The van der Waals surface area contributed by atoms with Gasteiger partial charge < -0.3 is 5.73 Å². The van der Waals surface area contributed by atoms with E-state index in [1.807, 2.05) is 19.9 Å². The van der Waals surface area contributed by atoms with Crippen LogP contribution in [0, 0.1) is 5.82 Å². The van der Waals surface area contributed by atoms with Crippen LogP contribution in [0.15, 0.2) is 18.2 Å². The van der Waals surface area contributed by atoms with Crippen molar-refractivity contribution in [1.29, 1.82) is 0 Å². The minimum absolute atomic E-state index is 0. The predicted molar refractivity (Wildman–Crippen MR) is 70.9 cm³/mol. The molecule has 0 bridgehead atoms. The van der Waals surface area contributed by atoms with Crippen LogP contribution in [-0.2, 0) is 13.0 Å². The lowest BCUT2D eigenvalue weighted by Crippen LogP contribution is -2.47. The summed E-state index contributed by atoms with van der Waals surface area (Å²) in [6.45, 7) is 6.47. The van der Waals surface area contributed by atoms with E-state index in [2.05, 4.69) is 4.90 Å². The summed E-state index contributed by atoms with van der Waals surface area (Å²) >= 11 is 0. The zero-order chi connectivity index (χ0) is 11.8. The number of rotatable bonds is 2. The van der Waals surface area contributed by atoms with Gasteiger partial charge in [-0.1, -0.05) is 12.1 Å². The average Bonchev–Trinajstić information content (AvgIpc) is 2.17. The maximum atomic E-state index is 13.6. The quantitative estimate of drug-likeness (QED) is 0.882. The topological polar surface area (TPSA) is 29.3 Å². The van der Waals surface area contributed by atoms with E-state index in [1.165, 1.54) is 6.07 Å². The van der Waals surface area contributed by atoms with Crippen molar-refractivity contribution in [3.05, 3.63) is 35.1 Å². The first kappa shape index (κ1) is 14.4. The highest BCUT2D eigenvalue weighted by Crippen LogP contribution is 2.22. The molecular formula is C13H20ClFN2. The third-order valence-corrected chi connectivity index (χ3v) is 2.93. The first-order valence-corrected chi connectivity index (χ1v) is 5.73. The second kappa shape index (κ2) is 5.34. The molecule has 0 aliphatic carbocycles. The average molecular weight is 259 g/mol. The van der Waals surface area contributed by atoms with Gasteiger partial charge in [-0.05, 0) is 31.9 Å². The molecule has 0 atom stereocenters. The molecule has 0 spiro atoms. The van der Waals surface area contributed by atoms with Gasteiger partial charge in [-0.3, -0.25) is 4.90 Å². The number of fused-ring (bicyclic) bond motifs is 1. The molecule has 1 aromatic carbocycles. The summed E-state index contributed by atoms with van der Waals surface area (Å²) in [5.74, 6) is -0.0861. The number of benzene rings is 1. The van der Waals surface area contributed by atoms with Gasteiger partial charge in [0.2, 0.25) is 0 Å². The Morgan fingerprint density at radius 2 is 2.12 bits per heavy atom. The molecule has 2 nitrogen and oxygen atoms in total. The van der Waals surface area contributed by atoms with Crippen LogP contribution >= 0.6 is 12.4 Å². The van der Waals surface area contributed by atoms with E-state index in [9.17, 15) is 4.39 Å². The van der Waals surface area contributed by atoms with Crippen molar-refractivity contribution >= 4 is 12.4 Å². The monoisotopic (exact) mass is 258 g/mol. The molecule has 0 saturated carbocycles. The van der Waals surface area contributed by atoms with Gasteiger partial charge in [0.1, 0.15) is 5.82 Å². The van der Waals surface area contributed by atoms with Gasteiger partial charge in [0.05, 0.1) is 0 Å². The standard InChI is InChI=1S/C13H19FN2.ClH/c1-13(2,15)9-16-7-6-10-4-3-5-12(14)11(10)8-16;/h3-5H,6-9,15H2,1-2H3;1H. The van der Waals surface area contributed by atoms with E-state index in [1.54, 1.807) is 6.07 Å². The summed E-state index contributed by atoms with van der Waals surface area (Å²) in [4.78, 5) is 2.23. The number of hydrogen-bond donors (Lipinski definition) is 1. The summed E-state index contributed by atoms with van der Waals surface area (Å²) in [6, 6.07) is 5.34. The van der Waals surface area contributed by atoms with Crippen molar-refractivity contribution in [2.75, 3.05) is 13.1 Å². The minimum atomic E-state index is -0.219. The molecular weight excluding hydrogens is 239 g/mol. The van der Waals surface area contributed by atoms with Crippen LogP contribution in [-0.4, -0.2) is 23.5 Å². The number of nitrogens with zero attached hydrogens (tertiary/aromatic N) is 1. The Bertz CT molecular complexity index is 387. The second-order valence-corrected chi connectivity index (χ2v) is 5.33. The highest BCUT2D eigenvalue weighted by atomic mass is 35.5. The van der Waals surface area contributed by atoms with E-state index in [0.717, 1.165) is 30.6 Å². The van der Waals surface area contributed by atoms with Gasteiger partial charge in [-0.15, -0.1) is 12.4 Å². The van der Waals surface area contributed by atoms with Crippen molar-refractivity contribution in [3.63, 3.8) is 0 Å². The molecule has 0 saturated heterocycles. The van der Waals surface area contributed by atoms with Crippen LogP contribution in [0.2, 0.25) is 0 Å². The molecule has 1 aliphatic heterocycles. The molecule has 0 unspecified atom stereocenters. The molecule has 2 N–H and O–H groups in total. The number of nitrogens with two attached hydrogens (primary N) is 1. The van der Waals surface area contributed by atoms with Crippen LogP contribution in [0.5, 0.6) is 0 Å². The van der Waals surface area contributed by atoms with Gasteiger partial charge in [0.15, 0.2) is 0 Å². The van der Waals surface area contributed by atoms with Crippen molar-refractivity contribution in [3.8, 4) is 0 Å². The molecule has 17 heavy (non-hydrogen) atoms. The third-order valence-electron chi connectivity index (χ3n) is 2.93. The summed E-state index contributed by atoms with van der Waals surface area (Å²) in [5.41, 5.74) is 7.76. The van der Waals surface area contributed by atoms with Crippen molar-refractivity contribution in [1.82, 2.24) is 4.90 Å². The summed E-state index contributed by atoms with van der Waals surface area (Å²) in [6.07, 6.45) is 0.920. The molecule has 1 aromatic rings. The Balaban J connectivity index is 0.00000144. The number of halogens is 2. The van der Waals surface area contributed by atoms with Gasteiger partial charge >= 0.3 is 0 Å². The number of hydrogen-bond acceptors (Lipinski definition) is 2. The predicted octanol–water partition coefficient (Wildman–Crippen LogP) is 2.34. The van der Waals surface area contributed by atoms with Crippen LogP contribution in [0.3, 0.4) is 0 Å². The van der Waals surface area contributed by atoms with Gasteiger partial charge in [-0.25, -0.2) is 4.39 Å². The van der Waals surface area contributed by atoms with Crippen molar-refractivity contribution in [2.24, 2.45) is 5.73 Å². The molecule has 0 aromatic heterocycles. The Labute approximate surface area is 108 Å². The molecule has 1 heterocycles. The minimum Gasteiger partial charge on any atom is -0.324 e. The van der Waals surface area contributed by atoms with Crippen LogP contribution in [0.25, 0.3) is 0 Å². The normalized spacial score (nSPS) is 16.2. The Morgan fingerprint density at radius 3 is 2.76 bits per heavy atom. The smallest absolute Gasteiger partial charge is 0.127 e. The molecule has 96 valence electrons. The highest BCUT2D eigenvalue weighted by Gasteiger charge is 2.22. The van der Waals surface area contributed by atoms with Crippen molar-refractivity contribution < 1.29 is 4.39 Å². The fourth-order valence-electron chi connectivity index (χ4n) is 2.31. The van der Waals surface area contributed by atoms with Crippen LogP contribution in [0.1, 0.15) is 25.0 Å². The molecule has 0 fully saturated rings. The SMILES string of the molecule is CC(C)(N)CN1CCc2cccc(F)c2C1.Cl.